The van der Waals surface area contributed by atoms with Gasteiger partial charge in [0.1, 0.15) is 10.8 Å². The Morgan fingerprint density at radius 1 is 1.09 bits per heavy atom. The Labute approximate surface area is 208 Å². The molecule has 5 rings (SSSR count). The van der Waals surface area contributed by atoms with E-state index in [1.807, 2.05) is 82.3 Å². The third-order valence-electron chi connectivity index (χ3n) is 6.01. The summed E-state index contributed by atoms with van der Waals surface area (Å²) in [5.74, 6) is 0.379. The predicted octanol–water partition coefficient (Wildman–Crippen LogP) is 5.47. The van der Waals surface area contributed by atoms with Gasteiger partial charge in [-0.25, -0.2) is 0 Å². The van der Waals surface area contributed by atoms with E-state index in [2.05, 4.69) is 14.7 Å². The average Bonchev–Trinajstić information content (AvgIpc) is 3.38. The molecule has 1 amide bonds. The van der Waals surface area contributed by atoms with Crippen molar-refractivity contribution in [2.75, 3.05) is 6.61 Å². The quantitative estimate of drug-likeness (QED) is 0.488. The number of fused-ring (bicyclic) bond motifs is 1. The number of ether oxygens (including phenoxy) is 1. The molecule has 2 aromatic carbocycles. The standard InChI is InChI=1S/C27H25N5O2S/c1-5-34-23-13-9-8-12-22(23)31-17(3)14-19(18(31)4)15-21-24(28)32-27(29-25(21)33)35-26(30-32)20-11-7-6-10-16(20)2/h6-15,28H,5H2,1-4H3/b21-15-,28-24?. The van der Waals surface area contributed by atoms with Crippen molar-refractivity contribution in [2.24, 2.45) is 10.1 Å². The summed E-state index contributed by atoms with van der Waals surface area (Å²) in [6.45, 7) is 8.55. The topological polar surface area (TPSA) is 83.0 Å². The summed E-state index contributed by atoms with van der Waals surface area (Å²) in [7, 11) is 0. The number of aliphatic imine (C=N–C) groups is 1. The largest absolute Gasteiger partial charge is 0.492 e. The lowest BCUT2D eigenvalue weighted by molar-refractivity contribution is -0.114. The second-order valence-corrected chi connectivity index (χ2v) is 9.26. The van der Waals surface area contributed by atoms with E-state index in [-0.39, 0.29) is 11.4 Å². The zero-order valence-corrected chi connectivity index (χ0v) is 20.8. The second-order valence-electron chi connectivity index (χ2n) is 8.30. The number of nitrogens with one attached hydrogen (secondary N) is 1. The van der Waals surface area contributed by atoms with Crippen molar-refractivity contribution in [2.45, 2.75) is 27.7 Å². The van der Waals surface area contributed by atoms with Crippen molar-refractivity contribution >= 4 is 39.8 Å². The van der Waals surface area contributed by atoms with E-state index in [9.17, 15) is 4.79 Å². The average molecular weight is 484 g/mol. The number of carbonyl (C=O) groups is 1. The van der Waals surface area contributed by atoms with Crippen molar-refractivity contribution in [3.05, 3.63) is 88.2 Å². The van der Waals surface area contributed by atoms with Gasteiger partial charge in [0.15, 0.2) is 5.84 Å². The molecule has 0 atom stereocenters. The SMILES string of the molecule is CCOc1ccccc1-n1c(C)cc(/C=C2/C(=N)N3N=C(c4ccccc4C)SC3=NC2=O)c1C. The first kappa shape index (κ1) is 22.9. The number of amidine groups is 2. The summed E-state index contributed by atoms with van der Waals surface area (Å²) in [5.41, 5.74) is 5.97. The van der Waals surface area contributed by atoms with Crippen LogP contribution < -0.4 is 4.74 Å². The molecular formula is C27H25N5O2S. The molecule has 2 aliphatic rings. The Bertz CT molecular complexity index is 1460. The molecule has 2 aliphatic heterocycles. The second kappa shape index (κ2) is 9.03. The Kier molecular flexibility index (Phi) is 5.90. The van der Waals surface area contributed by atoms with Crippen LogP contribution in [-0.4, -0.2) is 38.1 Å². The molecule has 176 valence electrons. The maximum Gasteiger partial charge on any atom is 0.283 e. The fourth-order valence-corrected chi connectivity index (χ4v) is 5.27. The van der Waals surface area contributed by atoms with Crippen LogP contribution in [0.2, 0.25) is 0 Å². The number of hydrogen-bond donors (Lipinski definition) is 1. The van der Waals surface area contributed by atoms with E-state index in [1.165, 1.54) is 16.8 Å². The van der Waals surface area contributed by atoms with Gasteiger partial charge >= 0.3 is 0 Å². The van der Waals surface area contributed by atoms with Crippen LogP contribution in [0, 0.1) is 26.2 Å². The summed E-state index contributed by atoms with van der Waals surface area (Å²) < 4.78 is 7.93. The van der Waals surface area contributed by atoms with Crippen molar-refractivity contribution in [1.82, 2.24) is 9.58 Å². The van der Waals surface area contributed by atoms with E-state index >= 15 is 0 Å². The lowest BCUT2D eigenvalue weighted by Gasteiger charge is -2.20. The van der Waals surface area contributed by atoms with Gasteiger partial charge in [0, 0.05) is 17.0 Å². The van der Waals surface area contributed by atoms with Crippen LogP contribution in [0.25, 0.3) is 11.8 Å². The Morgan fingerprint density at radius 3 is 2.60 bits per heavy atom. The van der Waals surface area contributed by atoms with Crippen LogP contribution in [0.1, 0.15) is 35.0 Å². The number of nitrogens with zero attached hydrogens (tertiary/aromatic N) is 4. The number of hydrazone groups is 1. The van der Waals surface area contributed by atoms with Crippen molar-refractivity contribution in [3.8, 4) is 11.4 Å². The molecule has 3 heterocycles. The van der Waals surface area contributed by atoms with Crippen LogP contribution in [0.15, 0.2) is 70.3 Å². The molecule has 0 bridgehead atoms. The van der Waals surface area contributed by atoms with Crippen molar-refractivity contribution < 1.29 is 9.53 Å². The minimum absolute atomic E-state index is 0.0237. The fraction of sp³-hybridized carbons (Fsp3) is 0.185. The molecule has 0 unspecified atom stereocenters. The fourth-order valence-electron chi connectivity index (χ4n) is 4.29. The summed E-state index contributed by atoms with van der Waals surface area (Å²) in [6, 6.07) is 17.8. The third kappa shape index (κ3) is 4.00. The maximum absolute atomic E-state index is 13.0. The zero-order chi connectivity index (χ0) is 24.7. The van der Waals surface area contributed by atoms with Gasteiger partial charge in [-0.2, -0.15) is 15.1 Å². The number of hydrogen-bond acceptors (Lipinski definition) is 5. The van der Waals surface area contributed by atoms with Gasteiger partial charge in [-0.15, -0.1) is 0 Å². The highest BCUT2D eigenvalue weighted by Crippen LogP contribution is 2.33. The van der Waals surface area contributed by atoms with E-state index in [0.717, 1.165) is 44.6 Å². The molecule has 0 saturated carbocycles. The van der Waals surface area contributed by atoms with Crippen molar-refractivity contribution in [1.29, 1.82) is 5.41 Å². The molecular weight excluding hydrogens is 458 g/mol. The van der Waals surface area contributed by atoms with Crippen LogP contribution >= 0.6 is 11.8 Å². The van der Waals surface area contributed by atoms with E-state index in [4.69, 9.17) is 10.1 Å². The molecule has 0 aliphatic carbocycles. The summed E-state index contributed by atoms with van der Waals surface area (Å²) in [6.07, 6.45) is 1.74. The first-order valence-corrected chi connectivity index (χ1v) is 12.2. The monoisotopic (exact) mass is 483 g/mol. The highest BCUT2D eigenvalue weighted by molar-refractivity contribution is 8.27. The van der Waals surface area contributed by atoms with Crippen LogP contribution in [0.4, 0.5) is 0 Å². The van der Waals surface area contributed by atoms with E-state index in [1.54, 1.807) is 6.08 Å². The summed E-state index contributed by atoms with van der Waals surface area (Å²) in [5, 5.41) is 16.0. The highest BCUT2D eigenvalue weighted by Gasteiger charge is 2.36. The smallest absolute Gasteiger partial charge is 0.283 e. The summed E-state index contributed by atoms with van der Waals surface area (Å²) >= 11 is 1.31. The molecule has 35 heavy (non-hydrogen) atoms. The lowest BCUT2D eigenvalue weighted by atomic mass is 10.1. The van der Waals surface area contributed by atoms with E-state index < -0.39 is 5.91 Å². The van der Waals surface area contributed by atoms with Crippen LogP contribution in [0.5, 0.6) is 5.75 Å². The molecule has 0 saturated heterocycles. The van der Waals surface area contributed by atoms with Crippen LogP contribution in [0.3, 0.4) is 0 Å². The first-order chi connectivity index (χ1) is 16.9. The number of amides is 1. The molecule has 1 N–H and O–H groups in total. The maximum atomic E-state index is 13.0. The minimum Gasteiger partial charge on any atom is -0.492 e. The van der Waals surface area contributed by atoms with Crippen molar-refractivity contribution in [3.63, 3.8) is 0 Å². The molecule has 7 nitrogen and oxygen atoms in total. The molecule has 8 heteroatoms. The normalized spacial score (nSPS) is 16.5. The lowest BCUT2D eigenvalue weighted by Crippen LogP contribution is -2.35. The number of carbonyl (C=O) groups excluding carboxylic acids is 1. The van der Waals surface area contributed by atoms with Crippen LogP contribution in [-0.2, 0) is 4.79 Å². The number of aryl methyl sites for hydroxylation is 2. The molecule has 0 radical (unpaired) electrons. The number of para-hydroxylation sites is 2. The first-order valence-electron chi connectivity index (χ1n) is 11.4. The van der Waals surface area contributed by atoms with Gasteiger partial charge < -0.3 is 9.30 Å². The number of rotatable bonds is 5. The van der Waals surface area contributed by atoms with Gasteiger partial charge in [-0.05, 0) is 74.9 Å². The number of thioether (sulfide) groups is 1. The number of aromatic nitrogens is 1. The molecule has 1 aromatic heterocycles. The Hall–Kier alpha value is -3.91. The van der Waals surface area contributed by atoms with Gasteiger partial charge in [0.05, 0.1) is 17.9 Å². The van der Waals surface area contributed by atoms with Gasteiger partial charge in [-0.1, -0.05) is 36.4 Å². The molecule has 0 spiro atoms. The molecule has 0 fully saturated rings. The molecule has 3 aromatic rings. The summed E-state index contributed by atoms with van der Waals surface area (Å²) in [4.78, 5) is 17.2. The number of benzene rings is 2. The third-order valence-corrected chi connectivity index (χ3v) is 6.95. The Morgan fingerprint density at radius 2 is 1.83 bits per heavy atom. The Balaban J connectivity index is 1.52. The highest BCUT2D eigenvalue weighted by atomic mass is 32.2. The van der Waals surface area contributed by atoms with Gasteiger partial charge in [-0.3, -0.25) is 10.2 Å². The minimum atomic E-state index is -0.436. The van der Waals surface area contributed by atoms with E-state index in [0.29, 0.717) is 11.8 Å². The predicted molar refractivity (Wildman–Crippen MR) is 142 cm³/mol. The van der Waals surface area contributed by atoms with Gasteiger partial charge in [0.2, 0.25) is 5.17 Å². The zero-order valence-electron chi connectivity index (χ0n) is 20.0. The van der Waals surface area contributed by atoms with Gasteiger partial charge in [0.25, 0.3) is 5.91 Å².